The second kappa shape index (κ2) is 20.7. The van der Waals surface area contributed by atoms with Crippen LogP contribution in [0.3, 0.4) is 0 Å². The number of carbonyl (C=O) groups is 1. The largest absolute Gasteiger partial charge is 1.00 e. The number of benzene rings is 2. The maximum atomic E-state index is 12.9. The van der Waals surface area contributed by atoms with E-state index in [9.17, 15) is 4.79 Å². The normalized spacial score (nSPS) is 10.8. The first-order valence-electron chi connectivity index (χ1n) is 15.6. The molecule has 0 saturated carbocycles. The molecule has 4 nitrogen and oxygen atoms in total. The van der Waals surface area contributed by atoms with Gasteiger partial charge in [-0.2, -0.15) is 4.57 Å². The first kappa shape index (κ1) is 35.0. The lowest BCUT2D eigenvalue weighted by Gasteiger charge is -2.23. The molecule has 0 aliphatic heterocycles. The van der Waals surface area contributed by atoms with E-state index in [0.29, 0.717) is 13.0 Å². The third kappa shape index (κ3) is 13.6. The molecule has 0 fully saturated rings. The highest BCUT2D eigenvalue weighted by molar-refractivity contribution is 7.09. The van der Waals surface area contributed by atoms with Gasteiger partial charge < -0.3 is 26.6 Å². The Morgan fingerprint density at radius 1 is 0.829 bits per heavy atom. The van der Waals surface area contributed by atoms with Crippen molar-refractivity contribution in [2.75, 3.05) is 11.5 Å². The Labute approximate surface area is 263 Å². The van der Waals surface area contributed by atoms with Crippen LogP contribution >= 0.6 is 11.3 Å². The number of hydrogen-bond donors (Lipinski definition) is 0. The Hall–Kier alpha value is -2.18. The van der Waals surface area contributed by atoms with Crippen molar-refractivity contribution in [3.63, 3.8) is 0 Å². The molecule has 0 spiro atoms. The predicted octanol–water partition coefficient (Wildman–Crippen LogP) is 6.42. The van der Waals surface area contributed by atoms with E-state index in [1.165, 1.54) is 81.1 Å². The van der Waals surface area contributed by atoms with Gasteiger partial charge in [0.05, 0.1) is 18.0 Å². The second-order valence-electron chi connectivity index (χ2n) is 11.0. The van der Waals surface area contributed by atoms with Crippen molar-refractivity contribution in [3.05, 3.63) is 76.2 Å². The Kier molecular flexibility index (Phi) is 17.6. The molecular weight excluding hydrogens is 592 g/mol. The summed E-state index contributed by atoms with van der Waals surface area (Å²) < 4.78 is 8.28. The number of amides is 1. The number of rotatable bonds is 20. The van der Waals surface area contributed by atoms with Gasteiger partial charge in [0.25, 0.3) is 0 Å². The van der Waals surface area contributed by atoms with Gasteiger partial charge >= 0.3 is 0 Å². The van der Waals surface area contributed by atoms with Crippen LogP contribution in [0.2, 0.25) is 0 Å². The zero-order valence-electron chi connectivity index (χ0n) is 25.6. The lowest BCUT2D eigenvalue weighted by atomic mass is 10.1. The summed E-state index contributed by atoms with van der Waals surface area (Å²) in [6, 6.07) is 16.6. The first-order valence-corrected chi connectivity index (χ1v) is 16.5. The van der Waals surface area contributed by atoms with E-state index in [4.69, 9.17) is 4.74 Å². The Morgan fingerprint density at radius 3 is 2.05 bits per heavy atom. The van der Waals surface area contributed by atoms with Gasteiger partial charge in [-0.1, -0.05) is 120 Å². The molecule has 3 aromatic rings. The summed E-state index contributed by atoms with van der Waals surface area (Å²) in [6.07, 6.45) is 18.8. The number of thiazole rings is 1. The highest BCUT2D eigenvalue weighted by Gasteiger charge is 2.16. The van der Waals surface area contributed by atoms with E-state index in [2.05, 4.69) is 66.5 Å². The van der Waals surface area contributed by atoms with Crippen LogP contribution in [0.15, 0.2) is 60.2 Å². The molecule has 0 aliphatic rings. The molecule has 6 heteroatoms. The third-order valence-electron chi connectivity index (χ3n) is 7.44. The molecule has 1 heterocycles. The lowest BCUT2D eigenvalue weighted by molar-refractivity contribution is -0.683. The van der Waals surface area contributed by atoms with Crippen LogP contribution < -0.4 is 31.2 Å². The van der Waals surface area contributed by atoms with Crippen molar-refractivity contribution >= 4 is 22.9 Å². The minimum atomic E-state index is 0. The summed E-state index contributed by atoms with van der Waals surface area (Å²) in [7, 11) is 0. The summed E-state index contributed by atoms with van der Waals surface area (Å²) >= 11 is 1.75. The predicted molar refractivity (Wildman–Crippen MR) is 169 cm³/mol. The summed E-state index contributed by atoms with van der Waals surface area (Å²) in [5.41, 5.74) is 5.39. The van der Waals surface area contributed by atoms with E-state index in [0.717, 1.165) is 36.6 Å². The molecule has 0 N–H and O–H groups in total. The minimum absolute atomic E-state index is 0. The molecule has 0 atom stereocenters. The number of nitrogens with zero attached hydrogens (tertiary/aromatic N) is 2. The molecular formula is C35H51BrN2O2S. The second-order valence-corrected chi connectivity index (χ2v) is 12.1. The summed E-state index contributed by atoms with van der Waals surface area (Å²) in [4.78, 5) is 16.1. The fourth-order valence-corrected chi connectivity index (χ4v) is 5.72. The van der Waals surface area contributed by atoms with Crippen LogP contribution in [-0.2, 0) is 17.9 Å². The highest BCUT2D eigenvalue weighted by Crippen LogP contribution is 2.22. The fraction of sp³-hybridized carbons (Fsp3) is 0.543. The fourth-order valence-electron chi connectivity index (χ4n) is 5.08. The SMILES string of the molecule is CCCCCCCCCCCCCCOc1cccc(CN(C(=O)CC)c2ccc(C[n+]3csc(C)c3)cc2)c1.[Br-]. The Bertz CT molecular complexity index is 1120. The number of halogens is 1. The van der Waals surface area contributed by atoms with Crippen LogP contribution in [0.5, 0.6) is 5.75 Å². The molecule has 1 amide bonds. The molecule has 0 aliphatic carbocycles. The van der Waals surface area contributed by atoms with Crippen molar-refractivity contribution in [2.24, 2.45) is 0 Å². The molecule has 2 aromatic carbocycles. The average Bonchev–Trinajstić information content (AvgIpc) is 3.38. The van der Waals surface area contributed by atoms with Gasteiger partial charge in [-0.05, 0) is 43.2 Å². The number of anilines is 1. The number of aromatic nitrogens is 1. The smallest absolute Gasteiger partial charge is 0.227 e. The average molecular weight is 644 g/mol. The maximum absolute atomic E-state index is 12.9. The molecule has 0 unspecified atom stereocenters. The van der Waals surface area contributed by atoms with Gasteiger partial charge in [0.15, 0.2) is 12.7 Å². The summed E-state index contributed by atoms with van der Waals surface area (Å²) in [5, 5.41) is 0. The van der Waals surface area contributed by atoms with Crippen molar-refractivity contribution in [2.45, 2.75) is 117 Å². The molecule has 0 bridgehead atoms. The van der Waals surface area contributed by atoms with Crippen molar-refractivity contribution < 1.29 is 31.1 Å². The van der Waals surface area contributed by atoms with Gasteiger partial charge in [-0.15, -0.1) is 0 Å². The quantitative estimate of drug-likeness (QED) is 0.105. The Morgan fingerprint density at radius 2 is 1.46 bits per heavy atom. The van der Waals surface area contributed by atoms with E-state index in [-0.39, 0.29) is 22.9 Å². The minimum Gasteiger partial charge on any atom is -1.00 e. The maximum Gasteiger partial charge on any atom is 0.227 e. The van der Waals surface area contributed by atoms with Crippen LogP contribution in [0.25, 0.3) is 0 Å². The number of unbranched alkanes of at least 4 members (excludes halogenated alkanes) is 11. The molecule has 3 rings (SSSR count). The Balaban J connectivity index is 0.00000588. The van der Waals surface area contributed by atoms with Crippen LogP contribution in [0.4, 0.5) is 5.69 Å². The molecule has 226 valence electrons. The van der Waals surface area contributed by atoms with Crippen molar-refractivity contribution in [3.8, 4) is 5.75 Å². The number of ether oxygens (including phenoxy) is 1. The molecule has 0 saturated heterocycles. The lowest BCUT2D eigenvalue weighted by Crippen LogP contribution is -3.00. The van der Waals surface area contributed by atoms with Crippen LogP contribution in [-0.4, -0.2) is 12.5 Å². The van der Waals surface area contributed by atoms with E-state index >= 15 is 0 Å². The zero-order chi connectivity index (χ0) is 28.4. The first-order chi connectivity index (χ1) is 19.6. The molecule has 0 radical (unpaired) electrons. The van der Waals surface area contributed by atoms with Crippen LogP contribution in [0.1, 0.15) is 113 Å². The van der Waals surface area contributed by atoms with E-state index < -0.39 is 0 Å². The summed E-state index contributed by atoms with van der Waals surface area (Å²) in [5.74, 6) is 1.02. The topological polar surface area (TPSA) is 33.4 Å². The monoisotopic (exact) mass is 642 g/mol. The van der Waals surface area contributed by atoms with Crippen molar-refractivity contribution in [1.29, 1.82) is 0 Å². The standard InChI is InChI=1S/C35H51N2O2S.BrH/c1-4-6-7-8-9-10-11-12-13-14-15-16-24-39-34-19-17-18-32(25-34)28-37(35(38)5-2)33-22-20-31(21-23-33)27-36-26-30(3)40-29-36;/h17-23,25-26,29H,4-16,24,27-28H2,1-3H3;1H/q+1;/p-1. The van der Waals surface area contributed by atoms with E-state index in [1.807, 2.05) is 24.0 Å². The molecule has 1 aromatic heterocycles. The van der Waals surface area contributed by atoms with E-state index in [1.54, 1.807) is 11.3 Å². The van der Waals surface area contributed by atoms with Gasteiger partial charge in [0.2, 0.25) is 11.4 Å². The number of hydrogen-bond acceptors (Lipinski definition) is 3. The van der Waals surface area contributed by atoms with Crippen molar-refractivity contribution in [1.82, 2.24) is 0 Å². The van der Waals surface area contributed by atoms with Gasteiger partial charge in [-0.25, -0.2) is 0 Å². The molecule has 41 heavy (non-hydrogen) atoms. The van der Waals surface area contributed by atoms with Gasteiger partial charge in [0.1, 0.15) is 5.75 Å². The number of aryl methyl sites for hydroxylation is 1. The summed E-state index contributed by atoms with van der Waals surface area (Å²) in [6.45, 7) is 8.46. The van der Waals surface area contributed by atoms with Gasteiger partial charge in [0, 0.05) is 17.7 Å². The van der Waals surface area contributed by atoms with Gasteiger partial charge in [-0.3, -0.25) is 4.79 Å². The van der Waals surface area contributed by atoms with Crippen LogP contribution in [0, 0.1) is 6.92 Å². The highest BCUT2D eigenvalue weighted by atomic mass is 79.9. The number of carbonyl (C=O) groups excluding carboxylic acids is 1. The third-order valence-corrected chi connectivity index (χ3v) is 8.30. The zero-order valence-corrected chi connectivity index (χ0v) is 28.0.